The number of aromatic nitrogens is 5. The number of nitrogens with zero attached hydrogens (tertiary/aromatic N) is 4. The highest BCUT2D eigenvalue weighted by Gasteiger charge is 2.18. The molecule has 8 heteroatoms. The molecule has 0 radical (unpaired) electrons. The molecule has 1 saturated heterocycles. The van der Waals surface area contributed by atoms with Crippen molar-refractivity contribution in [2.75, 3.05) is 31.5 Å². The third-order valence-corrected chi connectivity index (χ3v) is 5.71. The first-order valence-corrected chi connectivity index (χ1v) is 10.4. The van der Waals surface area contributed by atoms with E-state index >= 15 is 0 Å². The monoisotopic (exact) mass is 402 g/mol. The maximum atomic E-state index is 4.66. The van der Waals surface area contributed by atoms with Crippen molar-refractivity contribution in [2.45, 2.75) is 19.9 Å². The molecule has 8 nitrogen and oxygen atoms in total. The van der Waals surface area contributed by atoms with E-state index in [0.29, 0.717) is 12.0 Å². The van der Waals surface area contributed by atoms with Gasteiger partial charge in [-0.1, -0.05) is 6.07 Å². The third-order valence-electron chi connectivity index (χ3n) is 5.71. The minimum atomic E-state index is 0.353. The quantitative estimate of drug-likeness (QED) is 0.409. The van der Waals surface area contributed by atoms with Crippen LogP contribution in [0.2, 0.25) is 0 Å². The van der Waals surface area contributed by atoms with Gasteiger partial charge in [0, 0.05) is 44.0 Å². The van der Waals surface area contributed by atoms with Crippen LogP contribution in [0.4, 0.5) is 11.8 Å². The van der Waals surface area contributed by atoms with Gasteiger partial charge in [-0.25, -0.2) is 9.97 Å². The Kier molecular flexibility index (Phi) is 4.94. The van der Waals surface area contributed by atoms with E-state index < -0.39 is 0 Å². The smallest absolute Gasteiger partial charge is 0.206 e. The number of aromatic amines is 2. The number of fused-ring (bicyclic) bond motifs is 1. The molecule has 1 aliphatic rings. The predicted octanol–water partition coefficient (Wildman–Crippen LogP) is 3.37. The largest absolute Gasteiger partial charge is 0.324 e. The second-order valence-corrected chi connectivity index (χ2v) is 7.80. The normalized spacial score (nSPS) is 16.1. The number of imidazole rings is 1. The van der Waals surface area contributed by atoms with Gasteiger partial charge in [-0.15, -0.1) is 0 Å². The zero-order valence-electron chi connectivity index (χ0n) is 17.2. The first-order valence-electron chi connectivity index (χ1n) is 10.4. The lowest BCUT2D eigenvalue weighted by molar-refractivity contribution is 0.185. The predicted molar refractivity (Wildman–Crippen MR) is 119 cm³/mol. The van der Waals surface area contributed by atoms with Crippen molar-refractivity contribution in [3.05, 3.63) is 53.9 Å². The van der Waals surface area contributed by atoms with E-state index in [1.807, 2.05) is 31.3 Å². The van der Waals surface area contributed by atoms with E-state index in [1.165, 1.54) is 5.56 Å². The maximum absolute atomic E-state index is 4.66. The first kappa shape index (κ1) is 18.8. The Morgan fingerprint density at radius 3 is 2.77 bits per heavy atom. The van der Waals surface area contributed by atoms with Crippen LogP contribution < -0.4 is 10.6 Å². The van der Waals surface area contributed by atoms with Gasteiger partial charge in [0.05, 0.1) is 22.4 Å². The summed E-state index contributed by atoms with van der Waals surface area (Å²) in [5, 5.41) is 14.0. The van der Waals surface area contributed by atoms with Gasteiger partial charge in [-0.2, -0.15) is 5.10 Å². The topological polar surface area (TPSA) is 97.5 Å². The molecule has 0 spiro atoms. The maximum Gasteiger partial charge on any atom is 0.206 e. The molecule has 0 saturated carbocycles. The van der Waals surface area contributed by atoms with Gasteiger partial charge in [-0.05, 0) is 49.7 Å². The Bertz CT molecular complexity index is 1150. The van der Waals surface area contributed by atoms with Crippen molar-refractivity contribution in [3.8, 4) is 11.3 Å². The molecule has 1 aromatic carbocycles. The van der Waals surface area contributed by atoms with E-state index in [4.69, 9.17) is 0 Å². The minimum absolute atomic E-state index is 0.353. The van der Waals surface area contributed by atoms with E-state index in [2.05, 4.69) is 65.8 Å². The molecular formula is C22H26N8. The lowest BCUT2D eigenvalue weighted by Crippen LogP contribution is -2.44. The van der Waals surface area contributed by atoms with E-state index in [9.17, 15) is 0 Å². The van der Waals surface area contributed by atoms with Crippen molar-refractivity contribution in [3.63, 3.8) is 0 Å². The first-order chi connectivity index (χ1) is 14.7. The summed E-state index contributed by atoms with van der Waals surface area (Å²) in [5.74, 6) is 1.47. The molecule has 154 valence electrons. The zero-order chi connectivity index (χ0) is 20.5. The fraction of sp³-hybridized carbons (Fsp3) is 0.318. The van der Waals surface area contributed by atoms with Gasteiger partial charge in [0.25, 0.3) is 0 Å². The Morgan fingerprint density at radius 1 is 1.10 bits per heavy atom. The van der Waals surface area contributed by atoms with E-state index in [0.717, 1.165) is 60.0 Å². The molecule has 1 fully saturated rings. The van der Waals surface area contributed by atoms with Gasteiger partial charge < -0.3 is 15.6 Å². The Balaban J connectivity index is 1.36. The molecule has 5 rings (SSSR count). The lowest BCUT2D eigenvalue weighted by atomic mass is 10.1. The van der Waals surface area contributed by atoms with Crippen molar-refractivity contribution >= 4 is 22.8 Å². The summed E-state index contributed by atoms with van der Waals surface area (Å²) in [4.78, 5) is 15.0. The molecule has 0 amide bonds. The highest BCUT2D eigenvalue weighted by molar-refractivity contribution is 5.83. The number of piperazine rings is 1. The van der Waals surface area contributed by atoms with Crippen LogP contribution in [0.15, 0.2) is 42.6 Å². The van der Waals surface area contributed by atoms with E-state index in [-0.39, 0.29) is 0 Å². The Morgan fingerprint density at radius 2 is 1.97 bits per heavy atom. The second-order valence-electron chi connectivity index (χ2n) is 7.80. The van der Waals surface area contributed by atoms with Crippen LogP contribution in [-0.4, -0.2) is 56.2 Å². The summed E-state index contributed by atoms with van der Waals surface area (Å²) in [6, 6.07) is 12.7. The Hall–Kier alpha value is -3.23. The van der Waals surface area contributed by atoms with Crippen LogP contribution in [0.3, 0.4) is 0 Å². The molecule has 4 aromatic rings. The fourth-order valence-electron chi connectivity index (χ4n) is 3.98. The molecule has 30 heavy (non-hydrogen) atoms. The van der Waals surface area contributed by atoms with Crippen LogP contribution >= 0.6 is 0 Å². The summed E-state index contributed by atoms with van der Waals surface area (Å²) in [7, 11) is 0. The van der Waals surface area contributed by atoms with Crippen molar-refractivity contribution < 1.29 is 0 Å². The summed E-state index contributed by atoms with van der Waals surface area (Å²) in [5.41, 5.74) is 6.16. The molecule has 0 aliphatic carbocycles. The zero-order valence-corrected chi connectivity index (χ0v) is 17.2. The summed E-state index contributed by atoms with van der Waals surface area (Å²) in [6.07, 6.45) is 1.86. The minimum Gasteiger partial charge on any atom is -0.324 e. The van der Waals surface area contributed by atoms with Crippen molar-refractivity contribution in [2.24, 2.45) is 0 Å². The Labute approximate surface area is 175 Å². The van der Waals surface area contributed by atoms with E-state index in [1.54, 1.807) is 0 Å². The summed E-state index contributed by atoms with van der Waals surface area (Å²) in [6.45, 7) is 8.44. The highest BCUT2D eigenvalue weighted by Crippen LogP contribution is 2.26. The van der Waals surface area contributed by atoms with Gasteiger partial charge >= 0.3 is 0 Å². The molecule has 4 heterocycles. The average molecular weight is 403 g/mol. The highest BCUT2D eigenvalue weighted by atomic mass is 15.2. The fourth-order valence-corrected chi connectivity index (χ4v) is 3.98. The number of rotatable bonds is 5. The van der Waals surface area contributed by atoms with Crippen LogP contribution in [0.25, 0.3) is 22.3 Å². The van der Waals surface area contributed by atoms with Crippen molar-refractivity contribution in [1.82, 2.24) is 35.4 Å². The molecule has 1 aliphatic heterocycles. The second kappa shape index (κ2) is 7.89. The van der Waals surface area contributed by atoms with Crippen molar-refractivity contribution in [1.29, 1.82) is 0 Å². The van der Waals surface area contributed by atoms with Crippen LogP contribution in [0.1, 0.15) is 24.2 Å². The van der Waals surface area contributed by atoms with Gasteiger partial charge in [-0.3, -0.25) is 10.00 Å². The van der Waals surface area contributed by atoms with Crippen LogP contribution in [-0.2, 0) is 0 Å². The summed E-state index contributed by atoms with van der Waals surface area (Å²) >= 11 is 0. The number of anilines is 2. The number of hydrogen-bond donors (Lipinski definition) is 4. The molecule has 1 atom stereocenters. The van der Waals surface area contributed by atoms with Gasteiger partial charge in [0.1, 0.15) is 5.82 Å². The number of nitrogens with one attached hydrogen (secondary N) is 4. The average Bonchev–Trinajstić information content (AvgIpc) is 3.39. The standard InChI is InChI=1S/C22H26N8/c1-14-11-19(29-28-14)17-3-4-18-20(12-17)26-22(25-18)27-21-13-16(5-6-24-21)15(2)30-9-7-23-8-10-30/h3-6,11-13,15,23H,7-10H2,1-2H3,(H,28,29)(H2,24,25,26,27). The molecular weight excluding hydrogens is 376 g/mol. The van der Waals surface area contributed by atoms with Gasteiger partial charge in [0.2, 0.25) is 5.95 Å². The van der Waals surface area contributed by atoms with Gasteiger partial charge in [0.15, 0.2) is 0 Å². The number of H-pyrrole nitrogens is 2. The molecule has 3 aromatic heterocycles. The van der Waals surface area contributed by atoms with Crippen LogP contribution in [0, 0.1) is 6.92 Å². The molecule has 1 unspecified atom stereocenters. The third kappa shape index (κ3) is 3.79. The van der Waals surface area contributed by atoms with Crippen LogP contribution in [0.5, 0.6) is 0 Å². The number of hydrogen-bond acceptors (Lipinski definition) is 6. The molecule has 0 bridgehead atoms. The number of pyridine rings is 1. The summed E-state index contributed by atoms with van der Waals surface area (Å²) < 4.78 is 0. The molecule has 4 N–H and O–H groups in total. The number of aryl methyl sites for hydroxylation is 1. The lowest BCUT2D eigenvalue weighted by Gasteiger charge is -2.33. The SMILES string of the molecule is Cc1cc(-c2ccc3nc(Nc4cc(C(C)N5CCNCC5)ccn4)[nH]c3c2)[nH]n1. The number of benzene rings is 1.